The monoisotopic (exact) mass is 377 g/mol. The number of rotatable bonds is 3. The summed E-state index contributed by atoms with van der Waals surface area (Å²) in [4.78, 5) is 1.14. The highest BCUT2D eigenvalue weighted by Gasteiger charge is 2.17. The van der Waals surface area contributed by atoms with Gasteiger partial charge in [0.1, 0.15) is 11.5 Å². The third kappa shape index (κ3) is 2.44. The maximum absolute atomic E-state index is 6.05. The fourth-order valence-electron chi connectivity index (χ4n) is 1.74. The molecule has 2 rings (SSSR count). The van der Waals surface area contributed by atoms with Gasteiger partial charge in [0.2, 0.25) is 0 Å². The number of halogens is 2. The van der Waals surface area contributed by atoms with Crippen LogP contribution in [0.15, 0.2) is 14.3 Å². The number of aromatic nitrogens is 2. The van der Waals surface area contributed by atoms with Gasteiger partial charge in [0.05, 0.1) is 8.66 Å². The van der Waals surface area contributed by atoms with E-state index in [1.165, 1.54) is 0 Å². The van der Waals surface area contributed by atoms with Crippen LogP contribution in [0.2, 0.25) is 0 Å². The molecule has 0 aliphatic heterocycles. The Bertz CT molecular complexity index is 526. The predicted molar refractivity (Wildman–Crippen MR) is 80.3 cm³/mol. The summed E-state index contributed by atoms with van der Waals surface area (Å²) in [5, 5.41) is 4.51. The van der Waals surface area contributed by atoms with Crippen LogP contribution in [-0.4, -0.2) is 9.78 Å². The van der Waals surface area contributed by atoms with E-state index in [4.69, 9.17) is 5.73 Å². The Morgan fingerprint density at radius 3 is 2.71 bits per heavy atom. The lowest BCUT2D eigenvalue weighted by Gasteiger charge is -1.99. The molecule has 0 radical (unpaired) electrons. The van der Waals surface area contributed by atoms with E-state index in [1.54, 1.807) is 16.0 Å². The van der Waals surface area contributed by atoms with Crippen molar-refractivity contribution < 1.29 is 0 Å². The molecule has 0 aliphatic rings. The minimum absolute atomic E-state index is 0.766. The van der Waals surface area contributed by atoms with Gasteiger partial charge in [-0.1, -0.05) is 13.3 Å². The fourth-order valence-corrected chi connectivity index (χ4v) is 3.79. The van der Waals surface area contributed by atoms with Crippen molar-refractivity contribution in [3.8, 4) is 10.6 Å². The van der Waals surface area contributed by atoms with Crippen LogP contribution in [0.1, 0.15) is 18.9 Å². The lowest BCUT2D eigenvalue weighted by Crippen LogP contribution is -1.99. The lowest BCUT2D eigenvalue weighted by atomic mass is 10.1. The van der Waals surface area contributed by atoms with E-state index in [1.807, 2.05) is 7.05 Å². The summed E-state index contributed by atoms with van der Waals surface area (Å²) >= 11 is 8.68. The first-order valence-corrected chi connectivity index (χ1v) is 7.71. The van der Waals surface area contributed by atoms with Crippen LogP contribution < -0.4 is 5.73 Å². The van der Waals surface area contributed by atoms with Gasteiger partial charge in [0, 0.05) is 17.1 Å². The first-order valence-electron chi connectivity index (χ1n) is 5.31. The summed E-state index contributed by atoms with van der Waals surface area (Å²) in [6.07, 6.45) is 2.03. The highest BCUT2D eigenvalue weighted by Crippen LogP contribution is 2.40. The zero-order valence-corrected chi connectivity index (χ0v) is 13.6. The van der Waals surface area contributed by atoms with Gasteiger partial charge >= 0.3 is 0 Å². The summed E-state index contributed by atoms with van der Waals surface area (Å²) in [5.41, 5.74) is 8.21. The van der Waals surface area contributed by atoms with E-state index in [0.717, 1.165) is 43.1 Å². The smallest absolute Gasteiger partial charge is 0.125 e. The maximum Gasteiger partial charge on any atom is 0.125 e. The molecule has 2 aromatic rings. The Morgan fingerprint density at radius 2 is 2.18 bits per heavy atom. The standard InChI is InChI=1S/C11H13Br2N3S/c1-3-4-6-9(15-16(2)11(6)14)8-5-7(12)10(13)17-8/h5H,3-4,14H2,1-2H3. The van der Waals surface area contributed by atoms with E-state index in [2.05, 4.69) is 49.9 Å². The zero-order chi connectivity index (χ0) is 12.6. The number of hydrogen-bond acceptors (Lipinski definition) is 3. The van der Waals surface area contributed by atoms with Gasteiger partial charge in [-0.15, -0.1) is 11.3 Å². The molecule has 92 valence electrons. The molecule has 0 saturated heterocycles. The van der Waals surface area contributed by atoms with Crippen molar-refractivity contribution in [1.82, 2.24) is 9.78 Å². The highest BCUT2D eigenvalue weighted by atomic mass is 79.9. The van der Waals surface area contributed by atoms with Crippen molar-refractivity contribution in [2.45, 2.75) is 19.8 Å². The van der Waals surface area contributed by atoms with Crippen molar-refractivity contribution in [3.63, 3.8) is 0 Å². The maximum atomic E-state index is 6.05. The second-order valence-electron chi connectivity index (χ2n) is 3.82. The van der Waals surface area contributed by atoms with Crippen molar-refractivity contribution in [2.24, 2.45) is 7.05 Å². The molecule has 17 heavy (non-hydrogen) atoms. The molecule has 0 aromatic carbocycles. The summed E-state index contributed by atoms with van der Waals surface area (Å²) in [6.45, 7) is 2.15. The number of hydrogen-bond donors (Lipinski definition) is 1. The molecule has 0 atom stereocenters. The van der Waals surface area contributed by atoms with Gasteiger partial charge in [-0.25, -0.2) is 0 Å². The molecular weight excluding hydrogens is 366 g/mol. The number of nitrogens with two attached hydrogens (primary N) is 1. The van der Waals surface area contributed by atoms with Crippen LogP contribution in [0.25, 0.3) is 10.6 Å². The van der Waals surface area contributed by atoms with E-state index in [0.29, 0.717) is 0 Å². The van der Waals surface area contributed by atoms with E-state index in [-0.39, 0.29) is 0 Å². The SMILES string of the molecule is CCCc1c(-c2cc(Br)c(Br)s2)nn(C)c1N. The number of nitrogen functional groups attached to an aromatic ring is 1. The first kappa shape index (κ1) is 13.1. The second-order valence-corrected chi connectivity index (χ2v) is 7.04. The molecule has 2 heterocycles. The third-order valence-electron chi connectivity index (χ3n) is 2.57. The third-order valence-corrected chi connectivity index (χ3v) is 5.84. The molecule has 0 aliphatic carbocycles. The molecule has 0 bridgehead atoms. The van der Waals surface area contributed by atoms with E-state index >= 15 is 0 Å². The molecule has 0 spiro atoms. The Morgan fingerprint density at radius 1 is 1.47 bits per heavy atom. The molecule has 3 nitrogen and oxygen atoms in total. The average Bonchev–Trinajstić information content (AvgIpc) is 2.75. The van der Waals surface area contributed by atoms with Gasteiger partial charge in [-0.2, -0.15) is 5.10 Å². The van der Waals surface area contributed by atoms with Crippen molar-refractivity contribution in [3.05, 3.63) is 19.9 Å². The number of thiophene rings is 1. The summed E-state index contributed by atoms with van der Waals surface area (Å²) in [6, 6.07) is 2.08. The van der Waals surface area contributed by atoms with Crippen molar-refractivity contribution in [1.29, 1.82) is 0 Å². The van der Waals surface area contributed by atoms with Gasteiger partial charge < -0.3 is 5.73 Å². The molecule has 0 fully saturated rings. The largest absolute Gasteiger partial charge is 0.384 e. The van der Waals surface area contributed by atoms with Crippen LogP contribution in [-0.2, 0) is 13.5 Å². The molecule has 2 aromatic heterocycles. The predicted octanol–water partition coefficient (Wildman–Crippen LogP) is 4.21. The number of aryl methyl sites for hydroxylation is 1. The van der Waals surface area contributed by atoms with Gasteiger partial charge in [-0.05, 0) is 44.3 Å². The Labute approximate surface area is 121 Å². The topological polar surface area (TPSA) is 43.8 Å². The normalized spacial score (nSPS) is 11.1. The van der Waals surface area contributed by atoms with Gasteiger partial charge in [0.25, 0.3) is 0 Å². The highest BCUT2D eigenvalue weighted by molar-refractivity contribution is 9.13. The molecule has 2 N–H and O–H groups in total. The quantitative estimate of drug-likeness (QED) is 0.869. The number of anilines is 1. The molecule has 0 amide bonds. The Balaban J connectivity index is 2.54. The van der Waals surface area contributed by atoms with Crippen LogP contribution >= 0.6 is 43.2 Å². The fraction of sp³-hybridized carbons (Fsp3) is 0.364. The lowest BCUT2D eigenvalue weighted by molar-refractivity contribution is 0.781. The van der Waals surface area contributed by atoms with Crippen molar-refractivity contribution in [2.75, 3.05) is 5.73 Å². The summed E-state index contributed by atoms with van der Waals surface area (Å²) in [7, 11) is 1.88. The van der Waals surface area contributed by atoms with E-state index in [9.17, 15) is 0 Å². The summed E-state index contributed by atoms with van der Waals surface area (Å²) < 4.78 is 3.89. The molecular formula is C11H13Br2N3S. The van der Waals surface area contributed by atoms with Gasteiger partial charge in [-0.3, -0.25) is 4.68 Å². The molecule has 6 heteroatoms. The summed E-state index contributed by atoms with van der Waals surface area (Å²) in [5.74, 6) is 0.766. The first-order chi connectivity index (χ1) is 8.04. The minimum atomic E-state index is 0.766. The Hall–Kier alpha value is -0.330. The second kappa shape index (κ2) is 5.12. The van der Waals surface area contributed by atoms with E-state index < -0.39 is 0 Å². The van der Waals surface area contributed by atoms with Crippen molar-refractivity contribution >= 4 is 49.0 Å². The molecule has 0 unspecified atom stereocenters. The van der Waals surface area contributed by atoms with Crippen LogP contribution in [0.5, 0.6) is 0 Å². The van der Waals surface area contributed by atoms with Crippen LogP contribution in [0.4, 0.5) is 5.82 Å². The molecule has 0 saturated carbocycles. The van der Waals surface area contributed by atoms with Gasteiger partial charge in [0.15, 0.2) is 0 Å². The van der Waals surface area contributed by atoms with Crippen LogP contribution in [0.3, 0.4) is 0 Å². The van der Waals surface area contributed by atoms with Crippen LogP contribution in [0, 0.1) is 0 Å². The zero-order valence-electron chi connectivity index (χ0n) is 9.63. The minimum Gasteiger partial charge on any atom is -0.384 e. The average molecular weight is 379 g/mol. The number of nitrogens with zero attached hydrogens (tertiary/aromatic N) is 2. The Kier molecular flexibility index (Phi) is 3.95.